The van der Waals surface area contributed by atoms with Crippen molar-refractivity contribution in [2.45, 2.75) is 19.9 Å². The SMILES string of the molecule is CC#CCNC(C)c1cccc(F)c1. The number of hydrogen-bond acceptors (Lipinski definition) is 1. The van der Waals surface area contributed by atoms with Crippen LogP contribution in [-0.4, -0.2) is 6.54 Å². The molecule has 0 radical (unpaired) electrons. The Morgan fingerprint density at radius 1 is 1.50 bits per heavy atom. The fraction of sp³-hybridized carbons (Fsp3) is 0.333. The van der Waals surface area contributed by atoms with E-state index in [9.17, 15) is 4.39 Å². The molecule has 1 rings (SSSR count). The molecule has 0 saturated heterocycles. The largest absolute Gasteiger partial charge is 0.300 e. The molecular formula is C12H14FN. The van der Waals surface area contributed by atoms with Crippen LogP contribution in [0.5, 0.6) is 0 Å². The summed E-state index contributed by atoms with van der Waals surface area (Å²) in [6, 6.07) is 6.74. The number of hydrogen-bond donors (Lipinski definition) is 1. The zero-order chi connectivity index (χ0) is 10.4. The molecule has 0 aliphatic carbocycles. The standard InChI is InChI=1S/C12H14FN/c1-3-4-8-14-10(2)11-6-5-7-12(13)9-11/h5-7,9-10,14H,8H2,1-2H3. The lowest BCUT2D eigenvalue weighted by molar-refractivity contribution is 0.598. The molecule has 0 aliphatic heterocycles. The second kappa shape index (κ2) is 5.41. The fourth-order valence-corrected chi connectivity index (χ4v) is 1.19. The molecule has 0 bridgehead atoms. The Hall–Kier alpha value is -1.33. The molecule has 1 unspecified atom stereocenters. The summed E-state index contributed by atoms with van der Waals surface area (Å²) in [5.41, 5.74) is 0.947. The van der Waals surface area contributed by atoms with Gasteiger partial charge in [-0.3, -0.25) is 5.32 Å². The third-order valence-corrected chi connectivity index (χ3v) is 2.02. The molecular weight excluding hydrogens is 177 g/mol. The predicted molar refractivity (Wildman–Crippen MR) is 56.3 cm³/mol. The van der Waals surface area contributed by atoms with Crippen LogP contribution in [0.25, 0.3) is 0 Å². The van der Waals surface area contributed by atoms with E-state index in [0.717, 1.165) is 5.56 Å². The fourth-order valence-electron chi connectivity index (χ4n) is 1.19. The van der Waals surface area contributed by atoms with Crippen molar-refractivity contribution in [3.05, 3.63) is 35.6 Å². The molecule has 0 amide bonds. The topological polar surface area (TPSA) is 12.0 Å². The summed E-state index contributed by atoms with van der Waals surface area (Å²) in [5.74, 6) is 5.51. The highest BCUT2D eigenvalue weighted by Gasteiger charge is 2.03. The maximum absolute atomic E-state index is 12.9. The highest BCUT2D eigenvalue weighted by Crippen LogP contribution is 2.12. The first-order valence-electron chi connectivity index (χ1n) is 4.62. The van der Waals surface area contributed by atoms with Crippen LogP contribution in [-0.2, 0) is 0 Å². The normalized spacial score (nSPS) is 11.6. The number of rotatable bonds is 3. The summed E-state index contributed by atoms with van der Waals surface area (Å²) in [5, 5.41) is 3.19. The Kier molecular flexibility index (Phi) is 4.15. The van der Waals surface area contributed by atoms with Crippen LogP contribution in [0.1, 0.15) is 25.5 Å². The minimum atomic E-state index is -0.197. The highest BCUT2D eigenvalue weighted by molar-refractivity contribution is 5.19. The summed E-state index contributed by atoms with van der Waals surface area (Å²) in [6.45, 7) is 4.43. The summed E-state index contributed by atoms with van der Waals surface area (Å²) >= 11 is 0. The summed E-state index contributed by atoms with van der Waals surface area (Å²) in [6.07, 6.45) is 0. The molecule has 0 aromatic heterocycles. The van der Waals surface area contributed by atoms with E-state index in [2.05, 4.69) is 17.2 Å². The van der Waals surface area contributed by atoms with Crippen LogP contribution >= 0.6 is 0 Å². The number of halogens is 1. The lowest BCUT2D eigenvalue weighted by Gasteiger charge is -2.11. The maximum Gasteiger partial charge on any atom is 0.123 e. The van der Waals surface area contributed by atoms with E-state index in [4.69, 9.17) is 0 Å². The van der Waals surface area contributed by atoms with Gasteiger partial charge in [-0.1, -0.05) is 18.1 Å². The van der Waals surface area contributed by atoms with Gasteiger partial charge >= 0.3 is 0 Å². The second-order valence-electron chi connectivity index (χ2n) is 3.08. The Morgan fingerprint density at radius 2 is 2.29 bits per heavy atom. The smallest absolute Gasteiger partial charge is 0.123 e. The van der Waals surface area contributed by atoms with E-state index in [0.29, 0.717) is 6.54 Å². The van der Waals surface area contributed by atoms with Gasteiger partial charge in [-0.15, -0.1) is 5.92 Å². The van der Waals surface area contributed by atoms with Crippen molar-refractivity contribution in [1.29, 1.82) is 0 Å². The van der Waals surface area contributed by atoms with Crippen LogP contribution in [0, 0.1) is 17.7 Å². The lowest BCUT2D eigenvalue weighted by atomic mass is 10.1. The van der Waals surface area contributed by atoms with E-state index < -0.39 is 0 Å². The predicted octanol–water partition coefficient (Wildman–Crippen LogP) is 2.50. The van der Waals surface area contributed by atoms with Crippen LogP contribution in [0.15, 0.2) is 24.3 Å². The molecule has 0 heterocycles. The average molecular weight is 191 g/mol. The van der Waals surface area contributed by atoms with Gasteiger partial charge in [0, 0.05) is 6.04 Å². The van der Waals surface area contributed by atoms with Gasteiger partial charge in [0.25, 0.3) is 0 Å². The van der Waals surface area contributed by atoms with Gasteiger partial charge in [0.15, 0.2) is 0 Å². The van der Waals surface area contributed by atoms with E-state index in [1.54, 1.807) is 13.0 Å². The Balaban J connectivity index is 2.58. The quantitative estimate of drug-likeness (QED) is 0.724. The first-order chi connectivity index (χ1) is 6.74. The summed E-state index contributed by atoms with van der Waals surface area (Å²) in [4.78, 5) is 0. The van der Waals surface area contributed by atoms with Crippen LogP contribution in [0.3, 0.4) is 0 Å². The average Bonchev–Trinajstić information content (AvgIpc) is 2.18. The van der Waals surface area contributed by atoms with Crippen molar-refractivity contribution in [3.8, 4) is 11.8 Å². The molecule has 0 saturated carbocycles. The molecule has 2 heteroatoms. The van der Waals surface area contributed by atoms with Gasteiger partial charge in [-0.25, -0.2) is 4.39 Å². The lowest BCUT2D eigenvalue weighted by Crippen LogP contribution is -2.18. The van der Waals surface area contributed by atoms with Crippen molar-refractivity contribution in [2.24, 2.45) is 0 Å². The monoisotopic (exact) mass is 191 g/mol. The molecule has 0 aliphatic rings. The molecule has 1 aromatic carbocycles. The molecule has 1 atom stereocenters. The third-order valence-electron chi connectivity index (χ3n) is 2.02. The minimum absolute atomic E-state index is 0.131. The number of nitrogens with one attached hydrogen (secondary N) is 1. The van der Waals surface area contributed by atoms with Crippen molar-refractivity contribution in [3.63, 3.8) is 0 Å². The Labute approximate surface area is 84.3 Å². The Bertz CT molecular complexity index is 349. The Morgan fingerprint density at radius 3 is 2.93 bits per heavy atom. The number of benzene rings is 1. The van der Waals surface area contributed by atoms with E-state index in [-0.39, 0.29) is 11.9 Å². The maximum atomic E-state index is 12.9. The van der Waals surface area contributed by atoms with Gasteiger partial charge in [-0.05, 0) is 31.5 Å². The molecule has 14 heavy (non-hydrogen) atoms. The van der Waals surface area contributed by atoms with Crippen molar-refractivity contribution in [1.82, 2.24) is 5.32 Å². The third kappa shape index (κ3) is 3.20. The van der Waals surface area contributed by atoms with E-state index in [1.807, 2.05) is 13.0 Å². The summed E-state index contributed by atoms with van der Waals surface area (Å²) < 4.78 is 12.9. The second-order valence-corrected chi connectivity index (χ2v) is 3.08. The first-order valence-corrected chi connectivity index (χ1v) is 4.62. The molecule has 1 nitrogen and oxygen atoms in total. The zero-order valence-corrected chi connectivity index (χ0v) is 8.47. The molecule has 1 N–H and O–H groups in total. The van der Waals surface area contributed by atoms with Gasteiger partial charge in [-0.2, -0.15) is 0 Å². The van der Waals surface area contributed by atoms with Crippen molar-refractivity contribution >= 4 is 0 Å². The van der Waals surface area contributed by atoms with Gasteiger partial charge < -0.3 is 0 Å². The molecule has 0 spiro atoms. The van der Waals surface area contributed by atoms with E-state index >= 15 is 0 Å². The minimum Gasteiger partial charge on any atom is -0.300 e. The molecule has 0 fully saturated rings. The highest BCUT2D eigenvalue weighted by atomic mass is 19.1. The summed E-state index contributed by atoms with van der Waals surface area (Å²) in [7, 11) is 0. The van der Waals surface area contributed by atoms with Crippen LogP contribution < -0.4 is 5.32 Å². The van der Waals surface area contributed by atoms with Crippen molar-refractivity contribution < 1.29 is 4.39 Å². The van der Waals surface area contributed by atoms with Gasteiger partial charge in [0.05, 0.1) is 6.54 Å². The zero-order valence-electron chi connectivity index (χ0n) is 8.47. The molecule has 1 aromatic rings. The van der Waals surface area contributed by atoms with Gasteiger partial charge in [0.1, 0.15) is 5.82 Å². The van der Waals surface area contributed by atoms with Crippen molar-refractivity contribution in [2.75, 3.05) is 6.54 Å². The van der Waals surface area contributed by atoms with E-state index in [1.165, 1.54) is 12.1 Å². The first kappa shape index (κ1) is 10.7. The van der Waals surface area contributed by atoms with Crippen LogP contribution in [0.4, 0.5) is 4.39 Å². The molecule has 74 valence electrons. The van der Waals surface area contributed by atoms with Gasteiger partial charge in [0.2, 0.25) is 0 Å². The van der Waals surface area contributed by atoms with Crippen LogP contribution in [0.2, 0.25) is 0 Å².